The van der Waals surface area contributed by atoms with Crippen LogP contribution >= 0.6 is 12.2 Å². The third-order valence-electron chi connectivity index (χ3n) is 3.69. The molecule has 0 radical (unpaired) electrons. The Morgan fingerprint density at radius 3 is 2.07 bits per heavy atom. The number of carbonyl (C=O) groups excluding carboxylic acids is 2. The Morgan fingerprint density at radius 1 is 0.967 bits per heavy atom. The Morgan fingerprint density at radius 2 is 1.53 bits per heavy atom. The first-order valence-corrected chi connectivity index (χ1v) is 9.06. The lowest BCUT2D eigenvalue weighted by atomic mass is 10.1. The quantitative estimate of drug-likeness (QED) is 0.342. The van der Waals surface area contributed by atoms with Gasteiger partial charge in [-0.05, 0) is 36.8 Å². The fourth-order valence-electron chi connectivity index (χ4n) is 2.40. The van der Waals surface area contributed by atoms with Crippen molar-refractivity contribution in [1.82, 2.24) is 5.32 Å². The molecule has 2 rings (SSSR count). The largest absolute Gasteiger partial charge is 0.332 e. The summed E-state index contributed by atoms with van der Waals surface area (Å²) in [7, 11) is 0. The molecule has 0 aliphatic rings. The van der Waals surface area contributed by atoms with E-state index in [1.165, 1.54) is 0 Å². The molecule has 11 nitrogen and oxygen atoms in total. The highest BCUT2D eigenvalue weighted by atomic mass is 32.1. The molecule has 0 aliphatic heterocycles. The highest BCUT2D eigenvalue weighted by Gasteiger charge is 2.20. The third-order valence-corrected chi connectivity index (χ3v) is 3.90. The number of carbonyl (C=O) groups is 2. The highest BCUT2D eigenvalue weighted by molar-refractivity contribution is 7.80. The second kappa shape index (κ2) is 10.0. The molecule has 0 aromatic heterocycles. The molecule has 30 heavy (non-hydrogen) atoms. The average molecular weight is 431 g/mol. The van der Waals surface area contributed by atoms with Crippen molar-refractivity contribution >= 4 is 51.9 Å². The van der Waals surface area contributed by atoms with E-state index in [2.05, 4.69) is 16.0 Å². The monoisotopic (exact) mass is 431 g/mol. The molecule has 0 heterocycles. The standard InChI is InChI=1S/C18H17N5O6S/c1-2-4-16(24)19-12-5-3-6-13(9-12)20-18(30)21-17(25)11-7-14(22(26)27)10-15(8-11)23(28)29/h3,5-10H,2,4H2,1H3,(H,19,24)(H2,20,21,25,30). The van der Waals surface area contributed by atoms with Crippen LogP contribution < -0.4 is 16.0 Å². The van der Waals surface area contributed by atoms with E-state index in [0.717, 1.165) is 18.2 Å². The molecule has 0 atom stereocenters. The van der Waals surface area contributed by atoms with Gasteiger partial charge in [0.05, 0.1) is 21.5 Å². The van der Waals surface area contributed by atoms with Crippen LogP contribution in [-0.2, 0) is 4.79 Å². The van der Waals surface area contributed by atoms with Gasteiger partial charge in [-0.15, -0.1) is 0 Å². The van der Waals surface area contributed by atoms with Crippen LogP contribution in [0.3, 0.4) is 0 Å². The van der Waals surface area contributed by atoms with Gasteiger partial charge < -0.3 is 10.6 Å². The van der Waals surface area contributed by atoms with Crippen molar-refractivity contribution in [3.63, 3.8) is 0 Å². The summed E-state index contributed by atoms with van der Waals surface area (Å²) in [6.45, 7) is 1.88. The number of nitrogens with zero attached hydrogens (tertiary/aromatic N) is 2. The molecule has 0 fully saturated rings. The molecule has 2 aromatic carbocycles. The number of hydrogen-bond donors (Lipinski definition) is 3. The summed E-state index contributed by atoms with van der Waals surface area (Å²) in [6.07, 6.45) is 1.08. The number of nitrogens with one attached hydrogen (secondary N) is 3. The van der Waals surface area contributed by atoms with Gasteiger partial charge >= 0.3 is 0 Å². The first kappa shape index (κ1) is 22.4. The lowest BCUT2D eigenvalue weighted by Crippen LogP contribution is -2.34. The Hall–Kier alpha value is -3.93. The number of nitro groups is 2. The van der Waals surface area contributed by atoms with Crippen LogP contribution in [0.1, 0.15) is 30.1 Å². The number of benzene rings is 2. The van der Waals surface area contributed by atoms with Gasteiger partial charge in [0, 0.05) is 29.9 Å². The van der Waals surface area contributed by atoms with Crippen LogP contribution in [0.2, 0.25) is 0 Å². The zero-order chi connectivity index (χ0) is 22.3. The predicted molar refractivity (Wildman–Crippen MR) is 113 cm³/mol. The molecule has 0 bridgehead atoms. The summed E-state index contributed by atoms with van der Waals surface area (Å²) in [5.41, 5.74) is -0.477. The summed E-state index contributed by atoms with van der Waals surface area (Å²) in [4.78, 5) is 44.3. The van der Waals surface area contributed by atoms with E-state index >= 15 is 0 Å². The third kappa shape index (κ3) is 6.31. The van der Waals surface area contributed by atoms with Crippen molar-refractivity contribution in [3.8, 4) is 0 Å². The fourth-order valence-corrected chi connectivity index (χ4v) is 2.61. The van der Waals surface area contributed by atoms with E-state index in [0.29, 0.717) is 24.2 Å². The molecular weight excluding hydrogens is 414 g/mol. The summed E-state index contributed by atoms with van der Waals surface area (Å²) in [5.74, 6) is -0.996. The molecule has 156 valence electrons. The van der Waals surface area contributed by atoms with Gasteiger partial charge in [0.15, 0.2) is 5.11 Å². The van der Waals surface area contributed by atoms with Crippen molar-refractivity contribution in [1.29, 1.82) is 0 Å². The van der Waals surface area contributed by atoms with Crippen LogP contribution in [0.25, 0.3) is 0 Å². The lowest BCUT2D eigenvalue weighted by molar-refractivity contribution is -0.394. The minimum atomic E-state index is -0.855. The molecule has 0 aliphatic carbocycles. The van der Waals surface area contributed by atoms with Crippen LogP contribution in [0, 0.1) is 20.2 Å². The van der Waals surface area contributed by atoms with Crippen molar-refractivity contribution in [2.24, 2.45) is 0 Å². The number of amides is 2. The topological polar surface area (TPSA) is 157 Å². The number of nitro benzene ring substituents is 2. The van der Waals surface area contributed by atoms with E-state index in [9.17, 15) is 29.8 Å². The minimum absolute atomic E-state index is 0.133. The molecule has 2 aromatic rings. The number of thiocarbonyl (C=S) groups is 1. The van der Waals surface area contributed by atoms with E-state index in [4.69, 9.17) is 12.2 Å². The van der Waals surface area contributed by atoms with Gasteiger partial charge in [0.2, 0.25) is 5.91 Å². The molecule has 0 spiro atoms. The van der Waals surface area contributed by atoms with E-state index in [-0.39, 0.29) is 16.6 Å². The highest BCUT2D eigenvalue weighted by Crippen LogP contribution is 2.22. The van der Waals surface area contributed by atoms with Crippen molar-refractivity contribution in [2.75, 3.05) is 10.6 Å². The number of anilines is 2. The summed E-state index contributed by atoms with van der Waals surface area (Å²) in [5, 5.41) is 29.5. The van der Waals surface area contributed by atoms with Crippen LogP contribution in [0.15, 0.2) is 42.5 Å². The molecular formula is C18H17N5O6S. The Balaban J connectivity index is 2.10. The van der Waals surface area contributed by atoms with Gasteiger partial charge in [-0.25, -0.2) is 0 Å². The van der Waals surface area contributed by atoms with E-state index < -0.39 is 27.1 Å². The lowest BCUT2D eigenvalue weighted by Gasteiger charge is -2.11. The second-order valence-corrected chi connectivity index (χ2v) is 6.45. The summed E-state index contributed by atoms with van der Waals surface area (Å²) >= 11 is 5.06. The van der Waals surface area contributed by atoms with Crippen molar-refractivity contribution in [3.05, 3.63) is 68.3 Å². The Bertz CT molecular complexity index is 994. The molecule has 0 saturated carbocycles. The van der Waals surface area contributed by atoms with Gasteiger partial charge in [-0.3, -0.25) is 35.1 Å². The zero-order valence-electron chi connectivity index (χ0n) is 15.7. The Labute approximate surface area is 175 Å². The van der Waals surface area contributed by atoms with Crippen LogP contribution in [0.4, 0.5) is 22.7 Å². The van der Waals surface area contributed by atoms with E-state index in [1.807, 2.05) is 6.92 Å². The molecule has 0 saturated heterocycles. The SMILES string of the molecule is CCCC(=O)Nc1cccc(NC(=S)NC(=O)c2cc([N+](=O)[O-])cc([N+](=O)[O-])c2)c1. The predicted octanol–water partition coefficient (Wildman–Crippen LogP) is 3.37. The maximum Gasteiger partial charge on any atom is 0.277 e. The fraction of sp³-hybridized carbons (Fsp3) is 0.167. The molecule has 12 heteroatoms. The first-order valence-electron chi connectivity index (χ1n) is 8.65. The second-order valence-electron chi connectivity index (χ2n) is 6.04. The first-order chi connectivity index (χ1) is 14.2. The van der Waals surface area contributed by atoms with Crippen LogP contribution in [-0.4, -0.2) is 26.8 Å². The smallest absolute Gasteiger partial charge is 0.277 e. The zero-order valence-corrected chi connectivity index (χ0v) is 16.5. The van der Waals surface area contributed by atoms with Crippen molar-refractivity contribution in [2.45, 2.75) is 19.8 Å². The van der Waals surface area contributed by atoms with Gasteiger partial charge in [-0.2, -0.15) is 0 Å². The van der Waals surface area contributed by atoms with Crippen LogP contribution in [0.5, 0.6) is 0 Å². The Kier molecular flexibility index (Phi) is 7.47. The van der Waals surface area contributed by atoms with Gasteiger partial charge in [0.25, 0.3) is 17.3 Å². The van der Waals surface area contributed by atoms with E-state index in [1.54, 1.807) is 24.3 Å². The molecule has 0 unspecified atom stereocenters. The maximum atomic E-state index is 12.3. The normalized spacial score (nSPS) is 10.0. The molecule has 2 amide bonds. The summed E-state index contributed by atoms with van der Waals surface area (Å²) in [6, 6.07) is 9.17. The van der Waals surface area contributed by atoms with Gasteiger partial charge in [-0.1, -0.05) is 13.0 Å². The average Bonchev–Trinajstić information content (AvgIpc) is 2.67. The van der Waals surface area contributed by atoms with Crippen molar-refractivity contribution < 1.29 is 19.4 Å². The number of rotatable bonds is 7. The maximum absolute atomic E-state index is 12.3. The molecule has 3 N–H and O–H groups in total. The number of non-ortho nitro benzene ring substituents is 2. The minimum Gasteiger partial charge on any atom is -0.332 e. The summed E-state index contributed by atoms with van der Waals surface area (Å²) < 4.78 is 0. The number of hydrogen-bond acceptors (Lipinski definition) is 7. The van der Waals surface area contributed by atoms with Gasteiger partial charge in [0.1, 0.15) is 0 Å².